The highest BCUT2D eigenvalue weighted by Crippen LogP contribution is 2.26. The third kappa shape index (κ3) is 3.15. The van der Waals surface area contributed by atoms with Crippen LogP contribution in [0.5, 0.6) is 0 Å². The van der Waals surface area contributed by atoms with Crippen LogP contribution in [0.15, 0.2) is 29.4 Å². The van der Waals surface area contributed by atoms with Gasteiger partial charge in [0.25, 0.3) is 0 Å². The summed E-state index contributed by atoms with van der Waals surface area (Å²) in [6.45, 7) is 2.19. The van der Waals surface area contributed by atoms with Gasteiger partial charge in [0.05, 0.1) is 0 Å². The zero-order valence-electron chi connectivity index (χ0n) is 10.7. The minimum Gasteiger partial charge on any atom is -0.409 e. The predicted molar refractivity (Wildman–Crippen MR) is 74.2 cm³/mol. The number of anilines is 1. The fourth-order valence-electron chi connectivity index (χ4n) is 2.50. The highest BCUT2D eigenvalue weighted by molar-refractivity contribution is 5.79. The molecule has 3 N–H and O–H groups in total. The van der Waals surface area contributed by atoms with E-state index >= 15 is 0 Å². The van der Waals surface area contributed by atoms with Gasteiger partial charge < -0.3 is 15.8 Å². The number of hydrogen-bond donors (Lipinski definition) is 2. The van der Waals surface area contributed by atoms with Crippen LogP contribution in [-0.4, -0.2) is 24.1 Å². The summed E-state index contributed by atoms with van der Waals surface area (Å²) in [6.07, 6.45) is 5.14. The monoisotopic (exact) mass is 247 g/mol. The van der Waals surface area contributed by atoms with Crippen LogP contribution in [0.4, 0.5) is 5.69 Å². The number of hydrogen-bond acceptors (Lipinski definition) is 3. The number of aryl methyl sites for hydroxylation is 1. The average Bonchev–Trinajstić information content (AvgIpc) is 2.43. The molecule has 4 heteroatoms. The maximum atomic E-state index is 8.47. The number of unbranched alkanes of at least 4 members (excludes halogenated alkanes) is 1. The largest absolute Gasteiger partial charge is 0.409 e. The molecule has 0 bridgehead atoms. The van der Waals surface area contributed by atoms with E-state index in [1.165, 1.54) is 24.1 Å². The van der Waals surface area contributed by atoms with Gasteiger partial charge in [-0.2, -0.15) is 0 Å². The van der Waals surface area contributed by atoms with Crippen molar-refractivity contribution in [3.63, 3.8) is 0 Å². The lowest BCUT2D eigenvalue weighted by molar-refractivity contribution is 0.316. The second-order valence-electron chi connectivity index (χ2n) is 4.77. The molecule has 1 heterocycles. The van der Waals surface area contributed by atoms with E-state index in [0.29, 0.717) is 12.3 Å². The standard InChI is InChI=1S/C14H21N3O/c15-14(16-18)9-3-4-10-17-11-5-7-12-6-1-2-8-13(12)17/h1-2,6,8,18H,3-5,7,9-11H2,(H2,15,16). The van der Waals surface area contributed by atoms with Gasteiger partial charge in [-0.25, -0.2) is 0 Å². The number of nitrogens with two attached hydrogens (primary N) is 1. The molecule has 18 heavy (non-hydrogen) atoms. The molecule has 0 unspecified atom stereocenters. The molecule has 0 aliphatic carbocycles. The van der Waals surface area contributed by atoms with Crippen LogP contribution < -0.4 is 10.6 Å². The Hall–Kier alpha value is -1.71. The fourth-order valence-corrected chi connectivity index (χ4v) is 2.50. The van der Waals surface area contributed by atoms with Crippen LogP contribution in [0.3, 0.4) is 0 Å². The molecule has 1 aromatic rings. The van der Waals surface area contributed by atoms with Gasteiger partial charge in [0.15, 0.2) is 0 Å². The number of oxime groups is 1. The highest BCUT2D eigenvalue weighted by Gasteiger charge is 2.15. The molecule has 0 saturated heterocycles. The fraction of sp³-hybridized carbons (Fsp3) is 0.500. The summed E-state index contributed by atoms with van der Waals surface area (Å²) in [4.78, 5) is 2.45. The van der Waals surface area contributed by atoms with Gasteiger partial charge in [-0.1, -0.05) is 23.4 Å². The van der Waals surface area contributed by atoms with Gasteiger partial charge in [-0.05, 0) is 37.3 Å². The number of para-hydroxylation sites is 1. The second-order valence-corrected chi connectivity index (χ2v) is 4.77. The Morgan fingerprint density at radius 1 is 1.33 bits per heavy atom. The van der Waals surface area contributed by atoms with Crippen molar-refractivity contribution in [2.24, 2.45) is 10.9 Å². The highest BCUT2D eigenvalue weighted by atomic mass is 16.4. The summed E-state index contributed by atoms with van der Waals surface area (Å²) in [7, 11) is 0. The second kappa shape index (κ2) is 6.28. The molecule has 0 aromatic heterocycles. The molecule has 0 radical (unpaired) electrons. The van der Waals surface area contributed by atoms with E-state index in [1.807, 2.05) is 0 Å². The lowest BCUT2D eigenvalue weighted by Crippen LogP contribution is -2.30. The summed E-state index contributed by atoms with van der Waals surface area (Å²) in [5, 5.41) is 11.5. The smallest absolute Gasteiger partial charge is 0.139 e. The average molecular weight is 247 g/mol. The van der Waals surface area contributed by atoms with Crippen LogP contribution >= 0.6 is 0 Å². The molecule has 0 spiro atoms. The maximum absolute atomic E-state index is 8.47. The Labute approximate surface area is 108 Å². The van der Waals surface area contributed by atoms with Crippen molar-refractivity contribution in [3.05, 3.63) is 29.8 Å². The van der Waals surface area contributed by atoms with Gasteiger partial charge in [0.1, 0.15) is 5.84 Å². The molecule has 4 nitrogen and oxygen atoms in total. The molecule has 1 aromatic carbocycles. The van der Waals surface area contributed by atoms with Crippen molar-refractivity contribution in [1.29, 1.82) is 0 Å². The number of nitrogens with zero attached hydrogens (tertiary/aromatic N) is 2. The SMILES string of the molecule is N/C(CCCCN1CCCc2ccccc21)=N/O. The Morgan fingerprint density at radius 2 is 2.17 bits per heavy atom. The van der Waals surface area contributed by atoms with Crippen molar-refractivity contribution >= 4 is 11.5 Å². The van der Waals surface area contributed by atoms with E-state index in [0.717, 1.165) is 25.9 Å². The molecular weight excluding hydrogens is 226 g/mol. The first-order valence-corrected chi connectivity index (χ1v) is 6.60. The van der Waals surface area contributed by atoms with Crippen LogP contribution in [0.2, 0.25) is 0 Å². The summed E-state index contributed by atoms with van der Waals surface area (Å²) >= 11 is 0. The first-order chi connectivity index (χ1) is 8.81. The molecular formula is C14H21N3O. The van der Waals surface area contributed by atoms with Crippen molar-refractivity contribution in [3.8, 4) is 0 Å². The zero-order chi connectivity index (χ0) is 12.8. The minimum absolute atomic E-state index is 0.328. The predicted octanol–water partition coefficient (Wildman–Crippen LogP) is 2.36. The molecule has 2 rings (SSSR count). The molecule has 0 fully saturated rings. The normalized spacial score (nSPS) is 15.6. The number of amidine groups is 1. The van der Waals surface area contributed by atoms with Crippen molar-refractivity contribution in [2.45, 2.75) is 32.1 Å². The first kappa shape index (κ1) is 12.7. The third-order valence-electron chi connectivity index (χ3n) is 3.45. The maximum Gasteiger partial charge on any atom is 0.139 e. The van der Waals surface area contributed by atoms with E-state index in [4.69, 9.17) is 10.9 Å². The Bertz CT molecular complexity index is 417. The summed E-state index contributed by atoms with van der Waals surface area (Å²) in [6, 6.07) is 8.64. The van der Waals surface area contributed by atoms with Gasteiger partial charge in [-0.15, -0.1) is 0 Å². The molecule has 0 saturated carbocycles. The molecule has 1 aliphatic rings. The zero-order valence-corrected chi connectivity index (χ0v) is 10.7. The van der Waals surface area contributed by atoms with Crippen LogP contribution in [0.1, 0.15) is 31.2 Å². The third-order valence-corrected chi connectivity index (χ3v) is 3.45. The number of rotatable bonds is 5. The van der Waals surface area contributed by atoms with Crippen molar-refractivity contribution in [2.75, 3.05) is 18.0 Å². The Balaban J connectivity index is 1.84. The van der Waals surface area contributed by atoms with E-state index in [9.17, 15) is 0 Å². The lowest BCUT2D eigenvalue weighted by Gasteiger charge is -2.31. The van der Waals surface area contributed by atoms with E-state index in [2.05, 4.69) is 34.3 Å². The van der Waals surface area contributed by atoms with E-state index < -0.39 is 0 Å². The topological polar surface area (TPSA) is 61.8 Å². The van der Waals surface area contributed by atoms with Crippen LogP contribution in [0.25, 0.3) is 0 Å². The van der Waals surface area contributed by atoms with Gasteiger partial charge in [-0.3, -0.25) is 0 Å². The van der Waals surface area contributed by atoms with Gasteiger partial charge in [0.2, 0.25) is 0 Å². The Morgan fingerprint density at radius 3 is 3.00 bits per heavy atom. The summed E-state index contributed by atoms with van der Waals surface area (Å²) in [5.41, 5.74) is 8.30. The number of fused-ring (bicyclic) bond motifs is 1. The molecule has 1 aliphatic heterocycles. The van der Waals surface area contributed by atoms with Gasteiger partial charge >= 0.3 is 0 Å². The van der Waals surface area contributed by atoms with Crippen molar-refractivity contribution < 1.29 is 5.21 Å². The van der Waals surface area contributed by atoms with E-state index in [-0.39, 0.29) is 0 Å². The summed E-state index contributed by atoms with van der Waals surface area (Å²) in [5.74, 6) is 0.328. The lowest BCUT2D eigenvalue weighted by atomic mass is 10.0. The van der Waals surface area contributed by atoms with Crippen LogP contribution in [-0.2, 0) is 6.42 Å². The minimum atomic E-state index is 0.328. The van der Waals surface area contributed by atoms with Gasteiger partial charge in [0, 0.05) is 25.2 Å². The van der Waals surface area contributed by atoms with E-state index in [1.54, 1.807) is 0 Å². The Kier molecular flexibility index (Phi) is 4.45. The molecule has 98 valence electrons. The quantitative estimate of drug-likeness (QED) is 0.276. The molecule has 0 amide bonds. The van der Waals surface area contributed by atoms with Crippen molar-refractivity contribution in [1.82, 2.24) is 0 Å². The van der Waals surface area contributed by atoms with Crippen LogP contribution in [0, 0.1) is 0 Å². The first-order valence-electron chi connectivity index (χ1n) is 6.60. The number of benzene rings is 1. The summed E-state index contributed by atoms with van der Waals surface area (Å²) < 4.78 is 0. The molecule has 0 atom stereocenters.